The molecular formula is C15H21F2NO3. The first kappa shape index (κ1) is 17.4. The van der Waals surface area contributed by atoms with Gasteiger partial charge in [-0.15, -0.1) is 0 Å². The zero-order chi connectivity index (χ0) is 16.0. The van der Waals surface area contributed by atoms with E-state index in [0.717, 1.165) is 12.1 Å². The number of carboxylic acid groups (broad SMARTS) is 1. The highest BCUT2D eigenvalue weighted by Crippen LogP contribution is 2.19. The predicted molar refractivity (Wildman–Crippen MR) is 75.4 cm³/mol. The van der Waals surface area contributed by atoms with Crippen molar-refractivity contribution in [1.29, 1.82) is 0 Å². The van der Waals surface area contributed by atoms with Crippen LogP contribution in [0.15, 0.2) is 18.2 Å². The molecule has 0 aliphatic carbocycles. The van der Waals surface area contributed by atoms with E-state index in [-0.39, 0.29) is 18.4 Å². The number of hydrogen-bond donors (Lipinski definition) is 2. The minimum absolute atomic E-state index is 0.0292. The molecule has 0 aromatic heterocycles. The van der Waals surface area contributed by atoms with Crippen molar-refractivity contribution in [2.45, 2.75) is 45.2 Å². The highest BCUT2D eigenvalue weighted by molar-refractivity contribution is 5.78. The maximum Gasteiger partial charge on any atom is 0.323 e. The van der Waals surface area contributed by atoms with Crippen molar-refractivity contribution in [3.8, 4) is 5.75 Å². The summed E-state index contributed by atoms with van der Waals surface area (Å²) in [5.41, 5.74) is -1.06. The van der Waals surface area contributed by atoms with E-state index in [1.807, 2.05) is 13.8 Å². The van der Waals surface area contributed by atoms with Gasteiger partial charge in [0.05, 0.1) is 6.61 Å². The molecule has 0 saturated carbocycles. The van der Waals surface area contributed by atoms with E-state index in [0.29, 0.717) is 12.8 Å². The quantitative estimate of drug-likeness (QED) is 0.725. The number of rotatable bonds is 8. The number of halogens is 2. The van der Waals surface area contributed by atoms with Crippen molar-refractivity contribution >= 4 is 5.97 Å². The molecule has 0 radical (unpaired) electrons. The first-order chi connectivity index (χ1) is 9.74. The van der Waals surface area contributed by atoms with Gasteiger partial charge in [-0.1, -0.05) is 0 Å². The maximum atomic E-state index is 13.3. The van der Waals surface area contributed by atoms with E-state index in [1.54, 1.807) is 6.92 Å². The molecule has 0 saturated heterocycles. The van der Waals surface area contributed by atoms with Crippen LogP contribution in [0.25, 0.3) is 0 Å². The predicted octanol–water partition coefficient (Wildman–Crippen LogP) is 2.97. The van der Waals surface area contributed by atoms with E-state index in [1.165, 1.54) is 6.07 Å². The van der Waals surface area contributed by atoms with Crippen LogP contribution in [-0.2, 0) is 4.79 Å². The lowest BCUT2D eigenvalue weighted by molar-refractivity contribution is -0.144. The molecule has 0 amide bonds. The molecule has 0 spiro atoms. The van der Waals surface area contributed by atoms with Crippen molar-refractivity contribution < 1.29 is 23.4 Å². The number of hydrogen-bond acceptors (Lipinski definition) is 3. The molecule has 118 valence electrons. The highest BCUT2D eigenvalue weighted by Gasteiger charge is 2.32. The third kappa shape index (κ3) is 5.30. The normalized spacial score (nSPS) is 14.0. The van der Waals surface area contributed by atoms with Crippen LogP contribution in [0.4, 0.5) is 8.78 Å². The molecule has 0 aliphatic rings. The number of benzene rings is 1. The van der Waals surface area contributed by atoms with Gasteiger partial charge in [-0.2, -0.15) is 0 Å². The van der Waals surface area contributed by atoms with Crippen LogP contribution >= 0.6 is 0 Å². The molecule has 0 bridgehead atoms. The first-order valence-corrected chi connectivity index (χ1v) is 6.83. The van der Waals surface area contributed by atoms with Gasteiger partial charge in [0.25, 0.3) is 0 Å². The molecule has 0 fully saturated rings. The van der Waals surface area contributed by atoms with Gasteiger partial charge in [-0.25, -0.2) is 8.78 Å². The largest absolute Gasteiger partial charge is 0.491 e. The molecule has 1 atom stereocenters. The zero-order valence-corrected chi connectivity index (χ0v) is 12.5. The van der Waals surface area contributed by atoms with Gasteiger partial charge in [-0.05, 0) is 45.7 Å². The highest BCUT2D eigenvalue weighted by atomic mass is 19.1. The van der Waals surface area contributed by atoms with Gasteiger partial charge in [0.15, 0.2) is 11.6 Å². The molecule has 2 N–H and O–H groups in total. The minimum atomic E-state index is -1.06. The summed E-state index contributed by atoms with van der Waals surface area (Å²) in [4.78, 5) is 11.3. The monoisotopic (exact) mass is 301 g/mol. The summed E-state index contributed by atoms with van der Waals surface area (Å²) in [5, 5.41) is 12.3. The van der Waals surface area contributed by atoms with Gasteiger partial charge >= 0.3 is 5.97 Å². The van der Waals surface area contributed by atoms with Crippen LogP contribution in [0.5, 0.6) is 5.75 Å². The Balaban J connectivity index is 2.49. The summed E-state index contributed by atoms with van der Waals surface area (Å²) < 4.78 is 31.3. The van der Waals surface area contributed by atoms with E-state index in [9.17, 15) is 18.7 Å². The van der Waals surface area contributed by atoms with Crippen LogP contribution in [0.3, 0.4) is 0 Å². The van der Waals surface area contributed by atoms with E-state index in [4.69, 9.17) is 4.74 Å². The second-order valence-corrected chi connectivity index (χ2v) is 5.46. The Morgan fingerprint density at radius 1 is 1.43 bits per heavy atom. The number of ether oxygens (including phenoxy) is 1. The van der Waals surface area contributed by atoms with Crippen molar-refractivity contribution in [3.63, 3.8) is 0 Å². The molecule has 1 aromatic carbocycles. The molecule has 1 unspecified atom stereocenters. The molecule has 0 heterocycles. The number of carbonyl (C=O) groups is 1. The van der Waals surface area contributed by atoms with Crippen LogP contribution in [0, 0.1) is 11.6 Å². The molecule has 0 aliphatic heterocycles. The molecule has 1 rings (SSSR count). The SMILES string of the molecule is CC(C)NC(C)(CCCOc1ccc(F)cc1F)C(=O)O. The Morgan fingerprint density at radius 2 is 2.10 bits per heavy atom. The van der Waals surface area contributed by atoms with Gasteiger partial charge in [0.2, 0.25) is 0 Å². The van der Waals surface area contributed by atoms with Gasteiger partial charge in [0, 0.05) is 12.1 Å². The maximum absolute atomic E-state index is 13.3. The van der Waals surface area contributed by atoms with Gasteiger partial charge < -0.3 is 9.84 Å². The van der Waals surface area contributed by atoms with Crippen LogP contribution in [0.1, 0.15) is 33.6 Å². The Hall–Kier alpha value is -1.69. The van der Waals surface area contributed by atoms with Gasteiger partial charge in [0.1, 0.15) is 11.4 Å². The number of aliphatic carboxylic acids is 1. The van der Waals surface area contributed by atoms with Gasteiger partial charge in [-0.3, -0.25) is 10.1 Å². The summed E-state index contributed by atoms with van der Waals surface area (Å²) in [6, 6.07) is 3.10. The number of carboxylic acids is 1. The van der Waals surface area contributed by atoms with Crippen LogP contribution < -0.4 is 10.1 Å². The smallest absolute Gasteiger partial charge is 0.323 e. The minimum Gasteiger partial charge on any atom is -0.491 e. The zero-order valence-electron chi connectivity index (χ0n) is 12.5. The molecule has 21 heavy (non-hydrogen) atoms. The second-order valence-electron chi connectivity index (χ2n) is 5.46. The Labute approximate surface area is 123 Å². The average Bonchev–Trinajstić information content (AvgIpc) is 2.35. The summed E-state index contributed by atoms with van der Waals surface area (Å²) >= 11 is 0. The fraction of sp³-hybridized carbons (Fsp3) is 0.533. The summed E-state index contributed by atoms with van der Waals surface area (Å²) in [5.74, 6) is -2.41. The third-order valence-corrected chi connectivity index (χ3v) is 3.05. The van der Waals surface area contributed by atoms with Crippen molar-refractivity contribution in [3.05, 3.63) is 29.8 Å². The van der Waals surface area contributed by atoms with Crippen LogP contribution in [-0.4, -0.2) is 29.3 Å². The molecule has 4 nitrogen and oxygen atoms in total. The van der Waals surface area contributed by atoms with E-state index < -0.39 is 23.1 Å². The van der Waals surface area contributed by atoms with Crippen molar-refractivity contribution in [2.24, 2.45) is 0 Å². The number of nitrogens with one attached hydrogen (secondary N) is 1. The van der Waals surface area contributed by atoms with Crippen LogP contribution in [0.2, 0.25) is 0 Å². The second kappa shape index (κ2) is 7.36. The Kier molecular flexibility index (Phi) is 6.08. The lowest BCUT2D eigenvalue weighted by Gasteiger charge is -2.28. The Bertz CT molecular complexity index is 494. The average molecular weight is 301 g/mol. The molecule has 6 heteroatoms. The van der Waals surface area contributed by atoms with Crippen molar-refractivity contribution in [2.75, 3.05) is 6.61 Å². The summed E-state index contributed by atoms with van der Waals surface area (Å²) in [6.45, 7) is 5.50. The lowest BCUT2D eigenvalue weighted by Crippen LogP contribution is -2.52. The first-order valence-electron chi connectivity index (χ1n) is 6.83. The van der Waals surface area contributed by atoms with E-state index in [2.05, 4.69) is 5.32 Å². The molecule has 1 aromatic rings. The standard InChI is InChI=1S/C15H21F2NO3/c1-10(2)18-15(3,14(19)20)7-4-8-21-13-6-5-11(16)9-12(13)17/h5-6,9-10,18H,4,7-8H2,1-3H3,(H,19,20). The lowest BCUT2D eigenvalue weighted by atomic mass is 9.95. The fourth-order valence-corrected chi connectivity index (χ4v) is 2.08. The topological polar surface area (TPSA) is 58.6 Å². The fourth-order valence-electron chi connectivity index (χ4n) is 2.08. The van der Waals surface area contributed by atoms with Crippen molar-refractivity contribution in [1.82, 2.24) is 5.32 Å². The van der Waals surface area contributed by atoms with E-state index >= 15 is 0 Å². The molecular weight excluding hydrogens is 280 g/mol. The third-order valence-electron chi connectivity index (χ3n) is 3.05. The summed E-state index contributed by atoms with van der Waals surface area (Å²) in [7, 11) is 0. The summed E-state index contributed by atoms with van der Waals surface area (Å²) in [6.07, 6.45) is 0.767. The Morgan fingerprint density at radius 3 is 2.62 bits per heavy atom.